The smallest absolute Gasteiger partial charge is 0.433 e. The van der Waals surface area contributed by atoms with Gasteiger partial charge in [-0.1, -0.05) is 34.1 Å². The van der Waals surface area contributed by atoms with Crippen LogP contribution < -0.4 is 10.1 Å². The maximum Gasteiger partial charge on any atom is 0.433 e. The van der Waals surface area contributed by atoms with Crippen molar-refractivity contribution in [1.82, 2.24) is 14.6 Å². The van der Waals surface area contributed by atoms with E-state index in [1.54, 1.807) is 30.3 Å². The van der Waals surface area contributed by atoms with Crippen LogP contribution in [0.1, 0.15) is 33.6 Å². The minimum Gasteiger partial charge on any atom is -0.457 e. The highest BCUT2D eigenvalue weighted by Crippen LogP contribution is 2.35. The minimum absolute atomic E-state index is 0.00446. The van der Waals surface area contributed by atoms with E-state index < -0.39 is 22.7 Å². The number of nitro groups is 1. The van der Waals surface area contributed by atoms with Gasteiger partial charge in [0.05, 0.1) is 28.6 Å². The third kappa shape index (κ3) is 5.42. The number of nitro benzene ring substituents is 1. The van der Waals surface area contributed by atoms with Crippen molar-refractivity contribution in [1.29, 1.82) is 0 Å². The normalized spacial score (nSPS) is 12.8. The molecule has 0 aliphatic heterocycles. The Morgan fingerprint density at radius 3 is 2.50 bits per heavy atom. The predicted octanol–water partition coefficient (Wildman–Crippen LogP) is 7.62. The average molecular weight is 638 g/mol. The molecule has 1 N–H and O–H groups in total. The van der Waals surface area contributed by atoms with Crippen molar-refractivity contribution in [3.05, 3.63) is 110 Å². The molecule has 0 saturated carbocycles. The van der Waals surface area contributed by atoms with Gasteiger partial charge in [-0.3, -0.25) is 14.9 Å². The van der Waals surface area contributed by atoms with Crippen molar-refractivity contribution in [2.45, 2.75) is 25.4 Å². The monoisotopic (exact) mass is 637 g/mol. The zero-order valence-electron chi connectivity index (χ0n) is 21.5. The summed E-state index contributed by atoms with van der Waals surface area (Å²) < 4.78 is 49.1. The first-order valence-electron chi connectivity index (χ1n) is 12.7. The number of benzene rings is 3. The lowest BCUT2D eigenvalue weighted by Crippen LogP contribution is -2.16. The number of halogens is 4. The fourth-order valence-corrected chi connectivity index (χ4v) is 5.12. The number of rotatable bonds is 6. The molecule has 0 unspecified atom stereocenters. The Morgan fingerprint density at radius 2 is 1.76 bits per heavy atom. The van der Waals surface area contributed by atoms with E-state index in [4.69, 9.17) is 4.74 Å². The molecule has 1 amide bonds. The van der Waals surface area contributed by atoms with Crippen molar-refractivity contribution in [2.75, 3.05) is 5.32 Å². The second-order valence-electron chi connectivity index (χ2n) is 9.64. The van der Waals surface area contributed by atoms with E-state index in [2.05, 4.69) is 31.3 Å². The van der Waals surface area contributed by atoms with Gasteiger partial charge >= 0.3 is 6.18 Å². The van der Waals surface area contributed by atoms with E-state index in [0.717, 1.165) is 47.6 Å². The molecule has 13 heteroatoms. The van der Waals surface area contributed by atoms with Crippen LogP contribution in [-0.4, -0.2) is 25.4 Å². The molecule has 1 aliphatic carbocycles. The number of fused-ring (bicyclic) bond motifs is 2. The second kappa shape index (κ2) is 10.6. The number of carbonyl (C=O) groups is 1. The molecule has 9 nitrogen and oxygen atoms in total. The third-order valence-electron chi connectivity index (χ3n) is 6.81. The van der Waals surface area contributed by atoms with Crippen LogP contribution in [0, 0.1) is 10.1 Å². The number of nitrogens with one attached hydrogen (secondary N) is 1. The molecule has 212 valence electrons. The maximum absolute atomic E-state index is 14.0. The van der Waals surface area contributed by atoms with Crippen LogP contribution in [0.2, 0.25) is 0 Å². The molecule has 2 aromatic heterocycles. The van der Waals surface area contributed by atoms with Gasteiger partial charge in [0.1, 0.15) is 17.1 Å². The van der Waals surface area contributed by atoms with Gasteiger partial charge in [-0.2, -0.15) is 18.3 Å². The molecule has 3 aromatic carbocycles. The Balaban J connectivity index is 1.36. The Kier molecular flexibility index (Phi) is 6.89. The fourth-order valence-electron chi connectivity index (χ4n) is 4.86. The van der Waals surface area contributed by atoms with Gasteiger partial charge in [-0.25, -0.2) is 9.50 Å². The number of anilines is 1. The van der Waals surface area contributed by atoms with Crippen LogP contribution >= 0.6 is 15.9 Å². The SMILES string of the molecule is O=C(Nc1cc(Oc2ccc3c(c2)CCC3)cc([N+](=O)[O-])c1)c1cnn2c(C(F)(F)F)cc(-c3ccc(Br)cc3)nc12. The predicted molar refractivity (Wildman–Crippen MR) is 151 cm³/mol. The lowest BCUT2D eigenvalue weighted by Gasteiger charge is -2.12. The fraction of sp³-hybridized carbons (Fsp3) is 0.138. The Bertz CT molecular complexity index is 1870. The van der Waals surface area contributed by atoms with E-state index in [1.807, 2.05) is 12.1 Å². The topological polar surface area (TPSA) is 112 Å². The number of alkyl halides is 3. The molecule has 0 spiro atoms. The second-order valence-corrected chi connectivity index (χ2v) is 10.6. The number of hydrogen-bond acceptors (Lipinski definition) is 6. The molecule has 0 saturated heterocycles. The molecule has 2 heterocycles. The largest absolute Gasteiger partial charge is 0.457 e. The van der Waals surface area contributed by atoms with Crippen LogP contribution in [0.3, 0.4) is 0 Å². The number of aromatic nitrogens is 3. The quantitative estimate of drug-likeness (QED) is 0.151. The van der Waals surface area contributed by atoms with Crippen LogP contribution in [-0.2, 0) is 19.0 Å². The average Bonchev–Trinajstić information content (AvgIpc) is 3.59. The van der Waals surface area contributed by atoms with E-state index in [-0.39, 0.29) is 34.0 Å². The molecule has 1 aliphatic rings. The van der Waals surface area contributed by atoms with Gasteiger partial charge in [-0.05, 0) is 60.7 Å². The number of aryl methyl sites for hydroxylation is 2. The first-order valence-corrected chi connectivity index (χ1v) is 13.5. The van der Waals surface area contributed by atoms with Crippen LogP contribution in [0.15, 0.2) is 77.4 Å². The van der Waals surface area contributed by atoms with E-state index in [1.165, 1.54) is 17.7 Å². The summed E-state index contributed by atoms with van der Waals surface area (Å²) in [5.74, 6) is -0.268. The van der Waals surface area contributed by atoms with E-state index >= 15 is 0 Å². The zero-order valence-corrected chi connectivity index (χ0v) is 23.1. The van der Waals surface area contributed by atoms with Crippen molar-refractivity contribution in [3.63, 3.8) is 0 Å². The molecule has 42 heavy (non-hydrogen) atoms. The standard InChI is InChI=1S/C29H19BrF3N5O4/c30-19-7-4-17(5-8-19)25-14-26(29(31,32)33)37-27(36-25)24(15-34-37)28(39)35-20-11-21(38(40)41)13-23(12-20)42-22-9-6-16-2-1-3-18(16)10-22/h4-15H,1-3H2,(H,35,39). The summed E-state index contributed by atoms with van der Waals surface area (Å²) in [6, 6.07) is 16.7. The Labute approximate surface area is 244 Å². The number of carbonyl (C=O) groups excluding carboxylic acids is 1. The van der Waals surface area contributed by atoms with Gasteiger partial charge < -0.3 is 10.1 Å². The summed E-state index contributed by atoms with van der Waals surface area (Å²) in [5.41, 5.74) is 0.699. The van der Waals surface area contributed by atoms with Crippen molar-refractivity contribution >= 4 is 38.9 Å². The van der Waals surface area contributed by atoms with Crippen molar-refractivity contribution in [3.8, 4) is 22.8 Å². The number of hydrogen-bond donors (Lipinski definition) is 1. The number of nitrogens with zero attached hydrogens (tertiary/aromatic N) is 4. The molecule has 0 fully saturated rings. The highest BCUT2D eigenvalue weighted by molar-refractivity contribution is 9.10. The summed E-state index contributed by atoms with van der Waals surface area (Å²) >= 11 is 3.29. The van der Waals surface area contributed by atoms with Gasteiger partial charge in [0.25, 0.3) is 11.6 Å². The minimum atomic E-state index is -4.80. The first-order chi connectivity index (χ1) is 20.0. The highest BCUT2D eigenvalue weighted by atomic mass is 79.9. The molecule has 0 bridgehead atoms. The maximum atomic E-state index is 14.0. The highest BCUT2D eigenvalue weighted by Gasteiger charge is 2.36. The van der Waals surface area contributed by atoms with Crippen LogP contribution in [0.5, 0.6) is 11.5 Å². The summed E-state index contributed by atoms with van der Waals surface area (Å²) in [7, 11) is 0. The van der Waals surface area contributed by atoms with Gasteiger partial charge in [-0.15, -0.1) is 0 Å². The summed E-state index contributed by atoms with van der Waals surface area (Å²) in [6.07, 6.45) is -0.891. The number of non-ortho nitro benzene ring substituents is 1. The van der Waals surface area contributed by atoms with Crippen molar-refractivity contribution < 1.29 is 27.6 Å². The molecular formula is C29H19BrF3N5O4. The summed E-state index contributed by atoms with van der Waals surface area (Å²) in [6.45, 7) is 0. The molecule has 0 radical (unpaired) electrons. The summed E-state index contributed by atoms with van der Waals surface area (Å²) in [4.78, 5) is 28.6. The first kappa shape index (κ1) is 27.4. The molecule has 6 rings (SSSR count). The number of amides is 1. The molecular weight excluding hydrogens is 619 g/mol. The van der Waals surface area contributed by atoms with Crippen LogP contribution in [0.4, 0.5) is 24.5 Å². The Hall–Kier alpha value is -4.78. The Morgan fingerprint density at radius 1 is 1.00 bits per heavy atom. The lowest BCUT2D eigenvalue weighted by atomic mass is 10.1. The lowest BCUT2D eigenvalue weighted by molar-refractivity contribution is -0.384. The summed E-state index contributed by atoms with van der Waals surface area (Å²) in [5, 5.41) is 17.9. The van der Waals surface area contributed by atoms with E-state index in [0.29, 0.717) is 15.8 Å². The molecule has 5 aromatic rings. The van der Waals surface area contributed by atoms with Gasteiger partial charge in [0, 0.05) is 22.2 Å². The van der Waals surface area contributed by atoms with Gasteiger partial charge in [0.2, 0.25) is 0 Å². The third-order valence-corrected chi connectivity index (χ3v) is 7.34. The van der Waals surface area contributed by atoms with Crippen LogP contribution in [0.25, 0.3) is 16.9 Å². The van der Waals surface area contributed by atoms with E-state index in [9.17, 15) is 28.1 Å². The zero-order chi connectivity index (χ0) is 29.6. The number of ether oxygens (including phenoxy) is 1. The molecule has 0 atom stereocenters. The van der Waals surface area contributed by atoms with Gasteiger partial charge in [0.15, 0.2) is 11.3 Å². The van der Waals surface area contributed by atoms with Crippen molar-refractivity contribution in [2.24, 2.45) is 0 Å².